The summed E-state index contributed by atoms with van der Waals surface area (Å²) in [5.41, 5.74) is 3.77. The number of amidine groups is 1. The summed E-state index contributed by atoms with van der Waals surface area (Å²) in [6.45, 7) is 4.03. The maximum absolute atomic E-state index is 12.4. The number of nitrogens with zero attached hydrogens (tertiary/aromatic N) is 1. The molecule has 3 rings (SSSR count). The van der Waals surface area contributed by atoms with Gasteiger partial charge in [0.25, 0.3) is 5.91 Å². The van der Waals surface area contributed by atoms with Gasteiger partial charge in [0.2, 0.25) is 5.75 Å². The third-order valence-corrected chi connectivity index (χ3v) is 5.16. The van der Waals surface area contributed by atoms with Gasteiger partial charge in [-0.2, -0.15) is 0 Å². The number of methoxy groups -OCH3 is 3. The van der Waals surface area contributed by atoms with Gasteiger partial charge in [0, 0.05) is 5.56 Å². The van der Waals surface area contributed by atoms with Crippen molar-refractivity contribution in [3.8, 4) is 17.2 Å². The second-order valence-electron chi connectivity index (χ2n) is 6.20. The molecule has 0 aliphatic carbocycles. The quantitative estimate of drug-likeness (QED) is 0.764. The number of ether oxygens (including phenoxy) is 3. The van der Waals surface area contributed by atoms with Gasteiger partial charge in [-0.3, -0.25) is 4.79 Å². The molecule has 1 aliphatic rings. The lowest BCUT2D eigenvalue weighted by atomic mass is 10.1. The Morgan fingerprint density at radius 2 is 1.75 bits per heavy atom. The summed E-state index contributed by atoms with van der Waals surface area (Å²) >= 11 is 1.29. The topological polar surface area (TPSA) is 69.2 Å². The minimum Gasteiger partial charge on any atom is -0.493 e. The summed E-state index contributed by atoms with van der Waals surface area (Å²) in [5, 5.41) is 3.36. The smallest absolute Gasteiger partial charge is 0.264 e. The summed E-state index contributed by atoms with van der Waals surface area (Å²) in [5.74, 6) is 1.34. The number of benzene rings is 2. The van der Waals surface area contributed by atoms with E-state index >= 15 is 0 Å². The van der Waals surface area contributed by atoms with Crippen molar-refractivity contribution in [1.29, 1.82) is 0 Å². The van der Waals surface area contributed by atoms with Crippen LogP contribution in [0.1, 0.15) is 16.7 Å². The Labute approximate surface area is 168 Å². The molecular formula is C21H22N2O4S. The lowest BCUT2D eigenvalue weighted by Gasteiger charge is -2.14. The minimum atomic E-state index is -0.203. The third kappa shape index (κ3) is 3.99. The second kappa shape index (κ2) is 8.39. The molecule has 1 heterocycles. The van der Waals surface area contributed by atoms with Crippen molar-refractivity contribution in [2.45, 2.75) is 13.8 Å². The van der Waals surface area contributed by atoms with Crippen molar-refractivity contribution in [1.82, 2.24) is 5.32 Å². The van der Waals surface area contributed by atoms with Crippen molar-refractivity contribution in [3.05, 3.63) is 51.9 Å². The highest BCUT2D eigenvalue weighted by Crippen LogP contribution is 2.41. The molecule has 7 heteroatoms. The third-order valence-electron chi connectivity index (χ3n) is 4.25. The van der Waals surface area contributed by atoms with Crippen molar-refractivity contribution in [2.24, 2.45) is 4.99 Å². The maximum Gasteiger partial charge on any atom is 0.264 e. The first kappa shape index (κ1) is 19.8. The Balaban J connectivity index is 1.94. The molecule has 6 nitrogen and oxygen atoms in total. The van der Waals surface area contributed by atoms with Crippen LogP contribution < -0.4 is 19.5 Å². The van der Waals surface area contributed by atoms with E-state index in [0.29, 0.717) is 32.9 Å². The lowest BCUT2D eigenvalue weighted by molar-refractivity contribution is -0.115. The molecule has 146 valence electrons. The summed E-state index contributed by atoms with van der Waals surface area (Å²) in [4.78, 5) is 17.5. The summed E-state index contributed by atoms with van der Waals surface area (Å²) < 4.78 is 16.2. The van der Waals surface area contributed by atoms with E-state index < -0.39 is 0 Å². The Morgan fingerprint density at radius 3 is 2.39 bits per heavy atom. The van der Waals surface area contributed by atoms with Crippen molar-refractivity contribution in [3.63, 3.8) is 0 Å². The standard InChI is InChI=1S/C21H22N2O4S/c1-12-6-8-15(13(2)10-12)22-21-23-20(24)17(28-21)11-14-7-9-16(25-3)19(27-5)18(14)26-4/h6-11H,1-5H3,(H,22,23,24)/b17-11-. The van der Waals surface area contributed by atoms with Gasteiger partial charge in [-0.15, -0.1) is 0 Å². The number of carbonyl (C=O) groups excluding carboxylic acids is 1. The van der Waals surface area contributed by atoms with Gasteiger partial charge in [-0.1, -0.05) is 17.7 Å². The largest absolute Gasteiger partial charge is 0.493 e. The number of hydrogen-bond acceptors (Lipinski definition) is 6. The van der Waals surface area contributed by atoms with Gasteiger partial charge in [0.05, 0.1) is 31.9 Å². The van der Waals surface area contributed by atoms with Crippen LogP contribution in [0, 0.1) is 13.8 Å². The summed E-state index contributed by atoms with van der Waals surface area (Å²) in [7, 11) is 4.66. The molecule has 28 heavy (non-hydrogen) atoms. The monoisotopic (exact) mass is 398 g/mol. The first-order valence-corrected chi connectivity index (χ1v) is 9.44. The van der Waals surface area contributed by atoms with Crippen LogP contribution in [-0.2, 0) is 4.79 Å². The van der Waals surface area contributed by atoms with Crippen LogP contribution >= 0.6 is 11.8 Å². The molecule has 1 saturated heterocycles. The molecule has 1 fully saturated rings. The number of aliphatic imine (C=N–C) groups is 1. The first-order valence-electron chi connectivity index (χ1n) is 8.62. The van der Waals surface area contributed by atoms with E-state index in [1.807, 2.05) is 32.0 Å². The fraction of sp³-hybridized carbons (Fsp3) is 0.238. The second-order valence-corrected chi connectivity index (χ2v) is 7.23. The van der Waals surface area contributed by atoms with E-state index in [-0.39, 0.29) is 5.91 Å². The van der Waals surface area contributed by atoms with Crippen molar-refractivity contribution >= 4 is 34.6 Å². The Morgan fingerprint density at radius 1 is 1.00 bits per heavy atom. The normalized spacial score (nSPS) is 16.4. The average molecular weight is 398 g/mol. The van der Waals surface area contributed by atoms with Crippen molar-refractivity contribution < 1.29 is 19.0 Å². The van der Waals surface area contributed by atoms with E-state index in [0.717, 1.165) is 11.3 Å². The van der Waals surface area contributed by atoms with Gasteiger partial charge in [0.15, 0.2) is 16.7 Å². The molecule has 0 bridgehead atoms. The average Bonchev–Trinajstić information content (AvgIpc) is 3.02. The van der Waals surface area contributed by atoms with Gasteiger partial charge < -0.3 is 19.5 Å². The van der Waals surface area contributed by atoms with E-state index in [1.54, 1.807) is 33.5 Å². The predicted molar refractivity (Wildman–Crippen MR) is 113 cm³/mol. The molecule has 1 amide bonds. The molecule has 0 radical (unpaired) electrons. The minimum absolute atomic E-state index is 0.203. The summed E-state index contributed by atoms with van der Waals surface area (Å²) in [6, 6.07) is 9.60. The zero-order valence-electron chi connectivity index (χ0n) is 16.5. The molecule has 1 aliphatic heterocycles. The zero-order valence-corrected chi connectivity index (χ0v) is 17.3. The number of nitrogens with one attached hydrogen (secondary N) is 1. The number of rotatable bonds is 5. The van der Waals surface area contributed by atoms with Gasteiger partial charge in [-0.25, -0.2) is 4.99 Å². The Bertz CT molecular complexity index is 983. The van der Waals surface area contributed by atoms with E-state index in [1.165, 1.54) is 17.3 Å². The zero-order chi connectivity index (χ0) is 20.3. The Kier molecular flexibility index (Phi) is 5.94. The highest BCUT2D eigenvalue weighted by Gasteiger charge is 2.25. The molecule has 2 aromatic rings. The van der Waals surface area contributed by atoms with Crippen LogP contribution in [0.2, 0.25) is 0 Å². The van der Waals surface area contributed by atoms with Crippen LogP contribution in [0.25, 0.3) is 6.08 Å². The molecule has 0 saturated carbocycles. The highest BCUT2D eigenvalue weighted by molar-refractivity contribution is 8.18. The van der Waals surface area contributed by atoms with E-state index in [2.05, 4.69) is 16.4 Å². The van der Waals surface area contributed by atoms with E-state index in [9.17, 15) is 4.79 Å². The number of aryl methyl sites for hydroxylation is 2. The van der Waals surface area contributed by atoms with Crippen LogP contribution in [-0.4, -0.2) is 32.4 Å². The van der Waals surface area contributed by atoms with Gasteiger partial charge in [0.1, 0.15) is 0 Å². The molecule has 0 unspecified atom stereocenters. The van der Waals surface area contributed by atoms with Crippen LogP contribution in [0.4, 0.5) is 5.69 Å². The molecule has 0 atom stereocenters. The summed E-state index contributed by atoms with van der Waals surface area (Å²) in [6.07, 6.45) is 1.76. The molecular weight excluding hydrogens is 376 g/mol. The fourth-order valence-corrected chi connectivity index (χ4v) is 3.73. The van der Waals surface area contributed by atoms with Gasteiger partial charge in [-0.05, 0) is 55.4 Å². The highest BCUT2D eigenvalue weighted by atomic mass is 32.2. The first-order chi connectivity index (χ1) is 13.5. The van der Waals surface area contributed by atoms with Crippen LogP contribution in [0.3, 0.4) is 0 Å². The Hall–Kier alpha value is -2.93. The molecule has 0 spiro atoms. The number of carbonyl (C=O) groups is 1. The van der Waals surface area contributed by atoms with Crippen LogP contribution in [0.5, 0.6) is 17.2 Å². The number of thioether (sulfide) groups is 1. The van der Waals surface area contributed by atoms with Crippen LogP contribution in [0.15, 0.2) is 40.2 Å². The maximum atomic E-state index is 12.4. The molecule has 0 aromatic heterocycles. The molecule has 1 N–H and O–H groups in total. The predicted octanol–water partition coefficient (Wildman–Crippen LogP) is 4.22. The number of amides is 1. The lowest BCUT2D eigenvalue weighted by Crippen LogP contribution is -2.19. The SMILES string of the molecule is COc1ccc(/C=C2\SC(=Nc3ccc(C)cc3C)NC2=O)c(OC)c1OC. The van der Waals surface area contributed by atoms with E-state index in [4.69, 9.17) is 14.2 Å². The van der Waals surface area contributed by atoms with Crippen molar-refractivity contribution in [2.75, 3.05) is 21.3 Å². The molecule has 2 aromatic carbocycles. The fourth-order valence-electron chi connectivity index (χ4n) is 2.90. The van der Waals surface area contributed by atoms with Gasteiger partial charge >= 0.3 is 0 Å². The number of hydrogen-bond donors (Lipinski definition) is 1.